The second-order valence-electron chi connectivity index (χ2n) is 7.75. The van der Waals surface area contributed by atoms with Crippen molar-refractivity contribution in [3.05, 3.63) is 98.7 Å². The van der Waals surface area contributed by atoms with E-state index >= 15 is 0 Å². The molecular formula is C24H26N2O3. The maximum absolute atomic E-state index is 13.0. The van der Waals surface area contributed by atoms with E-state index in [1.807, 2.05) is 36.4 Å². The monoisotopic (exact) mass is 390 g/mol. The zero-order valence-electron chi connectivity index (χ0n) is 16.4. The van der Waals surface area contributed by atoms with E-state index in [1.165, 1.54) is 15.2 Å². The summed E-state index contributed by atoms with van der Waals surface area (Å²) in [6.45, 7) is 0.339. The zero-order valence-corrected chi connectivity index (χ0v) is 16.4. The molecule has 1 aromatic heterocycles. The summed E-state index contributed by atoms with van der Waals surface area (Å²) in [7, 11) is 0. The fraction of sp³-hybridized carbons (Fsp3) is 0.333. The minimum Gasteiger partial charge on any atom is -0.494 e. The Morgan fingerprint density at radius 3 is 2.00 bits per heavy atom. The molecule has 3 aromatic rings. The van der Waals surface area contributed by atoms with Crippen LogP contribution in [0.1, 0.15) is 55.2 Å². The SMILES string of the molecule is O=c1cc(O)n(CCC(c2ccccc2)c2ccccc2)c(=O)n1C1CCCC1. The summed E-state index contributed by atoms with van der Waals surface area (Å²) in [6.07, 6.45) is 4.39. The Kier molecular flexibility index (Phi) is 5.65. The van der Waals surface area contributed by atoms with Gasteiger partial charge in [0.1, 0.15) is 0 Å². The molecule has 1 aliphatic carbocycles. The van der Waals surface area contributed by atoms with E-state index in [-0.39, 0.29) is 17.8 Å². The highest BCUT2D eigenvalue weighted by molar-refractivity contribution is 5.32. The van der Waals surface area contributed by atoms with E-state index in [0.29, 0.717) is 13.0 Å². The van der Waals surface area contributed by atoms with Crippen molar-refractivity contribution in [1.29, 1.82) is 0 Å². The molecule has 0 spiro atoms. The summed E-state index contributed by atoms with van der Waals surface area (Å²) >= 11 is 0. The molecule has 0 aliphatic heterocycles. The lowest BCUT2D eigenvalue weighted by atomic mass is 9.88. The first kappa shape index (κ1) is 19.2. The van der Waals surface area contributed by atoms with Gasteiger partial charge in [0.15, 0.2) is 0 Å². The van der Waals surface area contributed by atoms with Crippen LogP contribution in [0.15, 0.2) is 76.3 Å². The third kappa shape index (κ3) is 4.04. The fourth-order valence-electron chi connectivity index (χ4n) is 4.44. The molecule has 4 rings (SSSR count). The van der Waals surface area contributed by atoms with Crippen LogP contribution in [0.25, 0.3) is 0 Å². The first-order valence-electron chi connectivity index (χ1n) is 10.3. The fourth-order valence-corrected chi connectivity index (χ4v) is 4.44. The molecule has 1 saturated carbocycles. The highest BCUT2D eigenvalue weighted by atomic mass is 16.3. The average molecular weight is 390 g/mol. The smallest absolute Gasteiger partial charge is 0.334 e. The van der Waals surface area contributed by atoms with Crippen molar-refractivity contribution in [2.45, 2.75) is 50.6 Å². The van der Waals surface area contributed by atoms with Gasteiger partial charge in [-0.3, -0.25) is 13.9 Å². The van der Waals surface area contributed by atoms with Gasteiger partial charge in [0, 0.05) is 18.5 Å². The van der Waals surface area contributed by atoms with Crippen LogP contribution < -0.4 is 11.2 Å². The number of hydrogen-bond acceptors (Lipinski definition) is 3. The summed E-state index contributed by atoms with van der Waals surface area (Å²) in [5.41, 5.74) is 1.52. The number of aromatic hydroxyl groups is 1. The van der Waals surface area contributed by atoms with Crippen LogP contribution in [0.3, 0.4) is 0 Å². The van der Waals surface area contributed by atoms with Gasteiger partial charge in [0.2, 0.25) is 5.88 Å². The Labute approximate surface area is 169 Å². The minimum atomic E-state index is -0.404. The van der Waals surface area contributed by atoms with E-state index < -0.39 is 11.2 Å². The summed E-state index contributed by atoms with van der Waals surface area (Å²) in [4.78, 5) is 25.4. The predicted octanol–water partition coefficient (Wildman–Crippen LogP) is 4.05. The lowest BCUT2D eigenvalue weighted by Gasteiger charge is -2.20. The van der Waals surface area contributed by atoms with E-state index in [2.05, 4.69) is 24.3 Å². The predicted molar refractivity (Wildman–Crippen MR) is 113 cm³/mol. The van der Waals surface area contributed by atoms with E-state index in [9.17, 15) is 14.7 Å². The maximum Gasteiger partial charge on any atom is 0.334 e. The van der Waals surface area contributed by atoms with Crippen LogP contribution in [0, 0.1) is 0 Å². The highest BCUT2D eigenvalue weighted by Crippen LogP contribution is 2.29. The van der Waals surface area contributed by atoms with Crippen LogP contribution in [0.4, 0.5) is 0 Å². The quantitative estimate of drug-likeness (QED) is 0.690. The van der Waals surface area contributed by atoms with E-state index in [4.69, 9.17) is 0 Å². The number of aromatic nitrogens is 2. The molecule has 29 heavy (non-hydrogen) atoms. The second kappa shape index (κ2) is 8.52. The summed E-state index contributed by atoms with van der Waals surface area (Å²) in [6, 6.07) is 21.5. The Balaban J connectivity index is 1.67. The van der Waals surface area contributed by atoms with Crippen molar-refractivity contribution in [3.63, 3.8) is 0 Å². The molecule has 2 aromatic carbocycles. The van der Waals surface area contributed by atoms with Crippen LogP contribution >= 0.6 is 0 Å². The molecule has 0 atom stereocenters. The lowest BCUT2D eigenvalue weighted by Crippen LogP contribution is -2.41. The highest BCUT2D eigenvalue weighted by Gasteiger charge is 2.23. The Bertz CT molecular complexity index is 1030. The van der Waals surface area contributed by atoms with Gasteiger partial charge in [-0.25, -0.2) is 4.79 Å². The van der Waals surface area contributed by atoms with Crippen molar-refractivity contribution in [1.82, 2.24) is 9.13 Å². The minimum absolute atomic E-state index is 0.0547. The first-order chi connectivity index (χ1) is 14.1. The van der Waals surface area contributed by atoms with Crippen molar-refractivity contribution in [3.8, 4) is 5.88 Å². The molecule has 1 N–H and O–H groups in total. The van der Waals surface area contributed by atoms with E-state index in [0.717, 1.165) is 36.8 Å². The molecule has 1 heterocycles. The van der Waals surface area contributed by atoms with Crippen LogP contribution in [-0.2, 0) is 6.54 Å². The second-order valence-corrected chi connectivity index (χ2v) is 7.75. The van der Waals surface area contributed by atoms with Crippen LogP contribution in [0.2, 0.25) is 0 Å². The topological polar surface area (TPSA) is 64.2 Å². The van der Waals surface area contributed by atoms with Gasteiger partial charge in [-0.2, -0.15) is 0 Å². The van der Waals surface area contributed by atoms with Gasteiger partial charge in [0.25, 0.3) is 5.56 Å². The van der Waals surface area contributed by atoms with Crippen LogP contribution in [0.5, 0.6) is 5.88 Å². The number of rotatable bonds is 6. The molecule has 5 heteroatoms. The van der Waals surface area contributed by atoms with Gasteiger partial charge in [0.05, 0.1) is 6.07 Å². The van der Waals surface area contributed by atoms with Gasteiger partial charge in [-0.15, -0.1) is 0 Å². The number of nitrogens with zero attached hydrogens (tertiary/aromatic N) is 2. The third-order valence-electron chi connectivity index (χ3n) is 5.94. The maximum atomic E-state index is 13.0. The Hall–Kier alpha value is -3.08. The molecule has 0 unspecified atom stereocenters. The standard InChI is InChI=1S/C24H26N2O3/c27-22-17-23(28)26(20-13-7-8-14-20)24(29)25(22)16-15-21(18-9-3-1-4-10-18)19-11-5-2-6-12-19/h1-6,9-12,17,20-21,27H,7-8,13-16H2. The van der Waals surface area contributed by atoms with Crippen molar-refractivity contribution in [2.75, 3.05) is 0 Å². The van der Waals surface area contributed by atoms with Crippen molar-refractivity contribution < 1.29 is 5.11 Å². The summed E-state index contributed by atoms with van der Waals surface area (Å²) in [5, 5.41) is 10.3. The Morgan fingerprint density at radius 1 is 0.897 bits per heavy atom. The van der Waals surface area contributed by atoms with E-state index in [1.54, 1.807) is 0 Å². The molecule has 0 bridgehead atoms. The summed E-state index contributed by atoms with van der Waals surface area (Å²) < 4.78 is 2.69. The molecular weight excluding hydrogens is 364 g/mol. The third-order valence-corrected chi connectivity index (χ3v) is 5.94. The van der Waals surface area contributed by atoms with Crippen molar-refractivity contribution in [2.24, 2.45) is 0 Å². The van der Waals surface area contributed by atoms with Gasteiger partial charge < -0.3 is 5.11 Å². The molecule has 1 aliphatic rings. The lowest BCUT2D eigenvalue weighted by molar-refractivity contribution is 0.367. The molecule has 1 fully saturated rings. The molecule has 0 radical (unpaired) electrons. The van der Waals surface area contributed by atoms with Gasteiger partial charge in [-0.05, 0) is 30.4 Å². The summed E-state index contributed by atoms with van der Waals surface area (Å²) in [5.74, 6) is -0.162. The molecule has 5 nitrogen and oxygen atoms in total. The van der Waals surface area contributed by atoms with Crippen LogP contribution in [-0.4, -0.2) is 14.2 Å². The Morgan fingerprint density at radius 2 is 1.45 bits per heavy atom. The largest absolute Gasteiger partial charge is 0.494 e. The molecule has 0 saturated heterocycles. The number of hydrogen-bond donors (Lipinski definition) is 1. The first-order valence-corrected chi connectivity index (χ1v) is 10.3. The molecule has 150 valence electrons. The van der Waals surface area contributed by atoms with Gasteiger partial charge in [-0.1, -0.05) is 73.5 Å². The molecule has 0 amide bonds. The van der Waals surface area contributed by atoms with Gasteiger partial charge >= 0.3 is 5.69 Å². The average Bonchev–Trinajstić information content (AvgIpc) is 3.26. The zero-order chi connectivity index (χ0) is 20.2. The van der Waals surface area contributed by atoms with Crippen molar-refractivity contribution >= 4 is 0 Å². The number of benzene rings is 2. The normalized spacial score (nSPS) is 14.5.